The van der Waals surface area contributed by atoms with E-state index in [-0.39, 0.29) is 11.4 Å². The highest BCUT2D eigenvalue weighted by Gasteiger charge is 2.35. The van der Waals surface area contributed by atoms with E-state index in [0.29, 0.717) is 29.3 Å². The quantitative estimate of drug-likeness (QED) is 0.323. The molecule has 1 amide bonds. The fraction of sp³-hybridized carbons (Fsp3) is 0.259. The van der Waals surface area contributed by atoms with Crippen LogP contribution in [0.4, 0.5) is 30.2 Å². The summed E-state index contributed by atoms with van der Waals surface area (Å²) in [6.07, 6.45) is -0.121. The molecule has 0 aliphatic carbocycles. The number of aliphatic imine (C=N–C) groups is 1. The number of benzene rings is 3. The zero-order valence-electron chi connectivity index (χ0n) is 18.8. The standard InChI is InChI=1S/C27H25F3N2O2/c1-2-3-4-7-16-34-22-13-9-12-21(18-22)32-24-15-6-5-14-23(24)25(26(32)33)31-20-11-8-10-19(17-20)27(28,29)30/h5-6,8-15,17-18H,2-4,7,16H2,1H3. The van der Waals surface area contributed by atoms with E-state index >= 15 is 0 Å². The minimum atomic E-state index is -4.49. The van der Waals surface area contributed by atoms with Crippen LogP contribution < -0.4 is 9.64 Å². The summed E-state index contributed by atoms with van der Waals surface area (Å²) in [5.74, 6) is 0.251. The number of carbonyl (C=O) groups excluding carboxylic acids is 1. The lowest BCUT2D eigenvalue weighted by Crippen LogP contribution is -2.25. The van der Waals surface area contributed by atoms with Crippen molar-refractivity contribution in [3.63, 3.8) is 0 Å². The van der Waals surface area contributed by atoms with Crippen LogP contribution in [0.3, 0.4) is 0 Å². The Kier molecular flexibility index (Phi) is 7.01. The van der Waals surface area contributed by atoms with Gasteiger partial charge in [0.05, 0.1) is 29.2 Å². The minimum absolute atomic E-state index is 0.0685. The molecule has 0 spiro atoms. The van der Waals surface area contributed by atoms with Gasteiger partial charge in [-0.15, -0.1) is 0 Å². The van der Waals surface area contributed by atoms with Crippen LogP contribution in [0.15, 0.2) is 77.8 Å². The van der Waals surface area contributed by atoms with Gasteiger partial charge in [-0.1, -0.05) is 56.5 Å². The van der Waals surface area contributed by atoms with Crippen molar-refractivity contribution in [2.24, 2.45) is 4.99 Å². The highest BCUT2D eigenvalue weighted by atomic mass is 19.4. The van der Waals surface area contributed by atoms with Crippen molar-refractivity contribution in [1.29, 1.82) is 0 Å². The normalized spacial score (nSPS) is 14.5. The van der Waals surface area contributed by atoms with Gasteiger partial charge in [-0.05, 0) is 42.8 Å². The Morgan fingerprint density at radius 1 is 0.912 bits per heavy atom. The molecule has 0 radical (unpaired) electrons. The number of anilines is 2. The summed E-state index contributed by atoms with van der Waals surface area (Å²) >= 11 is 0. The molecule has 0 saturated carbocycles. The molecule has 1 aliphatic rings. The number of amides is 1. The summed E-state index contributed by atoms with van der Waals surface area (Å²) in [5.41, 5.74) is 1.15. The van der Waals surface area contributed by atoms with Gasteiger partial charge in [-0.25, -0.2) is 4.99 Å². The Balaban J connectivity index is 1.64. The predicted molar refractivity (Wildman–Crippen MR) is 127 cm³/mol. The third-order valence-electron chi connectivity index (χ3n) is 5.56. The molecule has 1 heterocycles. The molecule has 0 N–H and O–H groups in total. The molecule has 0 aromatic heterocycles. The molecule has 7 heteroatoms. The molecular formula is C27H25F3N2O2. The van der Waals surface area contributed by atoms with Crippen molar-refractivity contribution < 1.29 is 22.7 Å². The molecule has 3 aromatic carbocycles. The summed E-state index contributed by atoms with van der Waals surface area (Å²) in [7, 11) is 0. The topological polar surface area (TPSA) is 41.9 Å². The first-order valence-corrected chi connectivity index (χ1v) is 11.3. The number of unbranched alkanes of at least 4 members (excludes halogenated alkanes) is 3. The number of carbonyl (C=O) groups is 1. The smallest absolute Gasteiger partial charge is 0.416 e. The van der Waals surface area contributed by atoms with E-state index in [2.05, 4.69) is 11.9 Å². The Bertz CT molecular complexity index is 1200. The third-order valence-corrected chi connectivity index (χ3v) is 5.56. The maximum absolute atomic E-state index is 13.4. The van der Waals surface area contributed by atoms with Crippen LogP contribution in [0.25, 0.3) is 0 Å². The largest absolute Gasteiger partial charge is 0.494 e. The second-order valence-corrected chi connectivity index (χ2v) is 8.07. The predicted octanol–water partition coefficient (Wildman–Crippen LogP) is 7.46. The average molecular weight is 467 g/mol. The number of ether oxygens (including phenoxy) is 1. The van der Waals surface area contributed by atoms with Crippen LogP contribution in [0.1, 0.15) is 43.7 Å². The average Bonchev–Trinajstić information content (AvgIpc) is 3.10. The lowest BCUT2D eigenvalue weighted by molar-refractivity contribution is -0.137. The number of para-hydroxylation sites is 1. The molecule has 4 rings (SSSR count). The van der Waals surface area contributed by atoms with Crippen molar-refractivity contribution >= 4 is 28.7 Å². The van der Waals surface area contributed by atoms with Crippen LogP contribution >= 0.6 is 0 Å². The van der Waals surface area contributed by atoms with E-state index < -0.39 is 17.6 Å². The highest BCUT2D eigenvalue weighted by molar-refractivity contribution is 6.56. The third kappa shape index (κ3) is 5.14. The lowest BCUT2D eigenvalue weighted by atomic mass is 10.1. The van der Waals surface area contributed by atoms with Crippen molar-refractivity contribution in [1.82, 2.24) is 0 Å². The summed E-state index contributed by atoms with van der Waals surface area (Å²) in [6, 6.07) is 19.0. The molecule has 0 fully saturated rings. The molecule has 176 valence electrons. The van der Waals surface area contributed by atoms with Crippen molar-refractivity contribution in [3.8, 4) is 5.75 Å². The molecule has 4 nitrogen and oxygen atoms in total. The van der Waals surface area contributed by atoms with Crippen LogP contribution in [-0.4, -0.2) is 18.2 Å². The van der Waals surface area contributed by atoms with Crippen LogP contribution in [0, 0.1) is 0 Å². The Hall–Kier alpha value is -3.61. The van der Waals surface area contributed by atoms with Crippen molar-refractivity contribution in [2.75, 3.05) is 11.5 Å². The van der Waals surface area contributed by atoms with E-state index in [1.807, 2.05) is 12.1 Å². The first-order valence-electron chi connectivity index (χ1n) is 11.3. The van der Waals surface area contributed by atoms with E-state index in [4.69, 9.17) is 4.74 Å². The zero-order valence-corrected chi connectivity index (χ0v) is 18.8. The van der Waals surface area contributed by atoms with Gasteiger partial charge in [-0.3, -0.25) is 9.69 Å². The molecule has 3 aromatic rings. The number of halogens is 3. The maximum Gasteiger partial charge on any atom is 0.416 e. The fourth-order valence-corrected chi connectivity index (χ4v) is 3.88. The lowest BCUT2D eigenvalue weighted by Gasteiger charge is -2.18. The second kappa shape index (κ2) is 10.1. The van der Waals surface area contributed by atoms with Gasteiger partial charge in [0.2, 0.25) is 0 Å². The second-order valence-electron chi connectivity index (χ2n) is 8.07. The molecule has 0 atom stereocenters. The van der Waals surface area contributed by atoms with Crippen molar-refractivity contribution in [3.05, 3.63) is 83.9 Å². The van der Waals surface area contributed by atoms with E-state index in [0.717, 1.165) is 37.8 Å². The Labute approximate surface area is 196 Å². The van der Waals surface area contributed by atoms with Gasteiger partial charge < -0.3 is 4.74 Å². The molecular weight excluding hydrogens is 441 g/mol. The molecule has 34 heavy (non-hydrogen) atoms. The van der Waals surface area contributed by atoms with Gasteiger partial charge in [0.15, 0.2) is 0 Å². The summed E-state index contributed by atoms with van der Waals surface area (Å²) in [5, 5.41) is 0. The molecule has 0 saturated heterocycles. The van der Waals surface area contributed by atoms with Crippen LogP contribution in [-0.2, 0) is 11.0 Å². The summed E-state index contributed by atoms with van der Waals surface area (Å²) < 4.78 is 45.3. The molecule has 0 bridgehead atoms. The van der Waals surface area contributed by atoms with Crippen molar-refractivity contribution in [2.45, 2.75) is 38.8 Å². The van der Waals surface area contributed by atoms with E-state index in [1.54, 1.807) is 36.4 Å². The first kappa shape index (κ1) is 23.5. The number of hydrogen-bond acceptors (Lipinski definition) is 3. The molecule has 1 aliphatic heterocycles. The number of rotatable bonds is 8. The highest BCUT2D eigenvalue weighted by Crippen LogP contribution is 2.38. The number of hydrogen-bond donors (Lipinski definition) is 0. The van der Waals surface area contributed by atoms with E-state index in [9.17, 15) is 18.0 Å². The number of nitrogens with zero attached hydrogens (tertiary/aromatic N) is 2. The van der Waals surface area contributed by atoms with Gasteiger partial charge in [0.1, 0.15) is 11.5 Å². The van der Waals surface area contributed by atoms with Gasteiger partial charge >= 0.3 is 6.18 Å². The van der Waals surface area contributed by atoms with Crippen LogP contribution in [0.5, 0.6) is 5.75 Å². The summed E-state index contributed by atoms with van der Waals surface area (Å²) in [6.45, 7) is 2.75. The zero-order chi connectivity index (χ0) is 24.1. The van der Waals surface area contributed by atoms with Gasteiger partial charge in [-0.2, -0.15) is 13.2 Å². The van der Waals surface area contributed by atoms with Gasteiger partial charge in [0, 0.05) is 11.6 Å². The molecule has 0 unspecified atom stereocenters. The summed E-state index contributed by atoms with van der Waals surface area (Å²) in [4.78, 5) is 19.3. The first-order chi connectivity index (χ1) is 16.4. The monoisotopic (exact) mass is 466 g/mol. The minimum Gasteiger partial charge on any atom is -0.494 e. The number of alkyl halides is 3. The number of fused-ring (bicyclic) bond motifs is 1. The Morgan fingerprint density at radius 2 is 1.71 bits per heavy atom. The fourth-order valence-electron chi connectivity index (χ4n) is 3.88. The maximum atomic E-state index is 13.4. The van der Waals surface area contributed by atoms with Gasteiger partial charge in [0.25, 0.3) is 5.91 Å². The van der Waals surface area contributed by atoms with E-state index in [1.165, 1.54) is 17.0 Å². The Morgan fingerprint density at radius 3 is 2.50 bits per heavy atom. The SMILES string of the molecule is CCCCCCOc1cccc(N2C(=O)C(=Nc3cccc(C(F)(F)F)c3)c3ccccc32)c1. The van der Waals surface area contributed by atoms with Crippen LogP contribution in [0.2, 0.25) is 0 Å².